The molecule has 0 spiro atoms. The van der Waals surface area contributed by atoms with Crippen molar-refractivity contribution in [2.45, 2.75) is 30.4 Å². The smallest absolute Gasteiger partial charge is 0.261 e. The zero-order valence-corrected chi connectivity index (χ0v) is 16.7. The van der Waals surface area contributed by atoms with Crippen LogP contribution < -0.4 is 4.31 Å². The van der Waals surface area contributed by atoms with Gasteiger partial charge in [0.1, 0.15) is 4.90 Å². The van der Waals surface area contributed by atoms with Gasteiger partial charge in [0.15, 0.2) is 5.16 Å². The third-order valence-electron chi connectivity index (χ3n) is 4.45. The Morgan fingerprint density at radius 3 is 2.56 bits per heavy atom. The number of rotatable bonds is 4. The van der Waals surface area contributed by atoms with E-state index in [1.165, 1.54) is 22.3 Å². The van der Waals surface area contributed by atoms with Crippen LogP contribution in [0, 0.1) is 6.92 Å². The summed E-state index contributed by atoms with van der Waals surface area (Å²) in [7, 11) is -3.74. The molecule has 0 saturated carbocycles. The number of nitrogens with zero attached hydrogens (tertiary/aromatic N) is 3. The maximum Gasteiger partial charge on any atom is 0.268 e. The van der Waals surface area contributed by atoms with Crippen molar-refractivity contribution in [2.24, 2.45) is 0 Å². The lowest BCUT2D eigenvalue weighted by atomic mass is 10.1. The van der Waals surface area contributed by atoms with Crippen molar-refractivity contribution in [1.29, 1.82) is 0 Å². The standard InChI is InChI=1S/C20H19N3O2S2/c1-3-26-20-21-12-18-19(22-20)16-6-4-5-7-17(16)23(27(18,24)25)13-15-10-8-14(2)9-11-15/h4-12H,3,13H2,1-2H3. The summed E-state index contributed by atoms with van der Waals surface area (Å²) in [6.45, 7) is 4.29. The number of fused-ring (bicyclic) bond motifs is 3. The van der Waals surface area contributed by atoms with Crippen molar-refractivity contribution in [3.8, 4) is 11.3 Å². The first kappa shape index (κ1) is 18.0. The van der Waals surface area contributed by atoms with Gasteiger partial charge in [0.25, 0.3) is 10.0 Å². The molecule has 1 aromatic heterocycles. The van der Waals surface area contributed by atoms with Gasteiger partial charge in [-0.25, -0.2) is 18.4 Å². The third kappa shape index (κ3) is 3.21. The molecule has 5 nitrogen and oxygen atoms in total. The van der Waals surface area contributed by atoms with E-state index in [0.29, 0.717) is 16.5 Å². The number of aromatic nitrogens is 2. The Kier molecular flexibility index (Phi) is 4.65. The summed E-state index contributed by atoms with van der Waals surface area (Å²) in [5.41, 5.74) is 4.02. The van der Waals surface area contributed by atoms with E-state index in [1.807, 2.05) is 62.4 Å². The highest BCUT2D eigenvalue weighted by Crippen LogP contribution is 2.42. The summed E-state index contributed by atoms with van der Waals surface area (Å²) in [6, 6.07) is 15.4. The topological polar surface area (TPSA) is 63.2 Å². The molecule has 0 aliphatic carbocycles. The molecule has 2 aromatic carbocycles. The van der Waals surface area contributed by atoms with E-state index in [0.717, 1.165) is 22.4 Å². The van der Waals surface area contributed by atoms with Gasteiger partial charge in [0.2, 0.25) is 0 Å². The molecule has 0 bridgehead atoms. The number of sulfonamides is 1. The van der Waals surface area contributed by atoms with Crippen LogP contribution in [-0.2, 0) is 16.6 Å². The number of aryl methyl sites for hydroxylation is 1. The van der Waals surface area contributed by atoms with E-state index in [9.17, 15) is 8.42 Å². The maximum absolute atomic E-state index is 13.3. The van der Waals surface area contributed by atoms with Gasteiger partial charge in [-0.2, -0.15) is 0 Å². The molecule has 0 amide bonds. The molecule has 1 aliphatic rings. The largest absolute Gasteiger partial charge is 0.268 e. The first-order valence-electron chi connectivity index (χ1n) is 8.68. The average Bonchev–Trinajstić information content (AvgIpc) is 2.67. The molecule has 27 heavy (non-hydrogen) atoms. The van der Waals surface area contributed by atoms with Gasteiger partial charge in [0, 0.05) is 5.56 Å². The number of hydrogen-bond acceptors (Lipinski definition) is 5. The first-order valence-corrected chi connectivity index (χ1v) is 11.1. The van der Waals surface area contributed by atoms with Gasteiger partial charge in [-0.05, 0) is 24.3 Å². The van der Waals surface area contributed by atoms with Crippen molar-refractivity contribution in [2.75, 3.05) is 10.1 Å². The minimum atomic E-state index is -3.74. The molecular formula is C20H19N3O2S2. The van der Waals surface area contributed by atoms with Gasteiger partial charge in [0.05, 0.1) is 24.1 Å². The maximum atomic E-state index is 13.3. The van der Waals surface area contributed by atoms with Crippen LogP contribution >= 0.6 is 11.8 Å². The van der Waals surface area contributed by atoms with Gasteiger partial charge in [-0.15, -0.1) is 0 Å². The number of anilines is 1. The Labute approximate surface area is 163 Å². The Bertz CT molecular complexity index is 1100. The van der Waals surface area contributed by atoms with Crippen molar-refractivity contribution in [3.63, 3.8) is 0 Å². The fourth-order valence-electron chi connectivity index (χ4n) is 3.10. The van der Waals surface area contributed by atoms with E-state index in [4.69, 9.17) is 0 Å². The highest BCUT2D eigenvalue weighted by molar-refractivity contribution is 7.99. The Hall–Kier alpha value is -2.38. The van der Waals surface area contributed by atoms with Gasteiger partial charge < -0.3 is 0 Å². The van der Waals surface area contributed by atoms with Gasteiger partial charge in [-0.3, -0.25) is 4.31 Å². The second-order valence-corrected chi connectivity index (χ2v) is 9.37. The van der Waals surface area contributed by atoms with E-state index in [1.54, 1.807) is 0 Å². The lowest BCUT2D eigenvalue weighted by molar-refractivity contribution is 0.588. The van der Waals surface area contributed by atoms with Crippen LogP contribution in [-0.4, -0.2) is 24.1 Å². The Morgan fingerprint density at radius 2 is 1.81 bits per heavy atom. The second kappa shape index (κ2) is 6.98. The van der Waals surface area contributed by atoms with Crippen LogP contribution in [0.4, 0.5) is 5.69 Å². The molecule has 7 heteroatoms. The second-order valence-electron chi connectivity index (χ2n) is 6.31. The highest BCUT2D eigenvalue weighted by Gasteiger charge is 2.36. The quantitative estimate of drug-likeness (QED) is 0.486. The Morgan fingerprint density at radius 1 is 1.07 bits per heavy atom. The SMILES string of the molecule is CCSc1ncc2c(n1)-c1ccccc1N(Cc1ccc(C)cc1)S2(=O)=O. The van der Waals surface area contributed by atoms with Gasteiger partial charge >= 0.3 is 0 Å². The molecule has 0 radical (unpaired) electrons. The summed E-state index contributed by atoms with van der Waals surface area (Å²) in [4.78, 5) is 8.95. The lowest BCUT2D eigenvalue weighted by Gasteiger charge is -2.31. The molecule has 4 rings (SSSR count). The van der Waals surface area contributed by atoms with Crippen LogP contribution in [0.5, 0.6) is 0 Å². The molecule has 138 valence electrons. The summed E-state index contributed by atoms with van der Waals surface area (Å²) in [5.74, 6) is 0.826. The van der Waals surface area contributed by atoms with E-state index in [2.05, 4.69) is 9.97 Å². The predicted octanol–water partition coefficient (Wildman–Crippen LogP) is 4.27. The average molecular weight is 398 g/mol. The predicted molar refractivity (Wildman–Crippen MR) is 108 cm³/mol. The van der Waals surface area contributed by atoms with Crippen LogP contribution in [0.3, 0.4) is 0 Å². The lowest BCUT2D eigenvalue weighted by Crippen LogP contribution is -2.34. The molecule has 3 aromatic rings. The molecular weight excluding hydrogens is 378 g/mol. The van der Waals surface area contributed by atoms with Crippen LogP contribution in [0.15, 0.2) is 64.8 Å². The van der Waals surface area contributed by atoms with Crippen molar-refractivity contribution < 1.29 is 8.42 Å². The molecule has 0 saturated heterocycles. The minimum absolute atomic E-state index is 0.161. The van der Waals surface area contributed by atoms with Crippen LogP contribution in [0.25, 0.3) is 11.3 Å². The van der Waals surface area contributed by atoms with E-state index >= 15 is 0 Å². The summed E-state index contributed by atoms with van der Waals surface area (Å²) < 4.78 is 28.1. The Balaban J connectivity index is 1.86. The number of hydrogen-bond donors (Lipinski definition) is 0. The van der Waals surface area contributed by atoms with Crippen molar-refractivity contribution >= 4 is 27.5 Å². The van der Waals surface area contributed by atoms with Crippen molar-refractivity contribution in [1.82, 2.24) is 9.97 Å². The number of para-hydroxylation sites is 1. The normalized spacial score (nSPS) is 14.5. The molecule has 2 heterocycles. The molecule has 1 aliphatic heterocycles. The monoisotopic (exact) mass is 397 g/mol. The number of benzene rings is 2. The zero-order valence-electron chi connectivity index (χ0n) is 15.1. The van der Waals surface area contributed by atoms with Gasteiger partial charge in [-0.1, -0.05) is 66.7 Å². The summed E-state index contributed by atoms with van der Waals surface area (Å²) in [5, 5.41) is 0.591. The summed E-state index contributed by atoms with van der Waals surface area (Å²) >= 11 is 1.50. The van der Waals surface area contributed by atoms with Crippen LogP contribution in [0.2, 0.25) is 0 Å². The molecule has 0 N–H and O–H groups in total. The minimum Gasteiger partial charge on any atom is -0.261 e. The molecule has 0 unspecified atom stereocenters. The molecule has 0 atom stereocenters. The van der Waals surface area contributed by atoms with Crippen LogP contribution in [0.1, 0.15) is 18.1 Å². The fraction of sp³-hybridized carbons (Fsp3) is 0.200. The summed E-state index contributed by atoms with van der Waals surface area (Å²) in [6.07, 6.45) is 1.44. The van der Waals surface area contributed by atoms with E-state index < -0.39 is 10.0 Å². The van der Waals surface area contributed by atoms with E-state index in [-0.39, 0.29) is 11.4 Å². The first-order chi connectivity index (χ1) is 13.0. The fourth-order valence-corrected chi connectivity index (χ4v) is 5.21. The molecule has 0 fully saturated rings. The zero-order chi connectivity index (χ0) is 19.0. The highest BCUT2D eigenvalue weighted by atomic mass is 32.2. The number of thioether (sulfide) groups is 1. The van der Waals surface area contributed by atoms with Crippen molar-refractivity contribution in [3.05, 3.63) is 65.9 Å². The third-order valence-corrected chi connectivity index (χ3v) is 6.95.